The summed E-state index contributed by atoms with van der Waals surface area (Å²) in [6.45, 7) is 4.23. The van der Waals surface area contributed by atoms with Gasteiger partial charge in [0.2, 0.25) is 0 Å². The lowest BCUT2D eigenvalue weighted by atomic mass is 9.74. The van der Waals surface area contributed by atoms with Gasteiger partial charge in [-0.3, -0.25) is 4.68 Å². The van der Waals surface area contributed by atoms with Crippen molar-refractivity contribution in [2.24, 2.45) is 18.7 Å². The molecule has 96 valence electrons. The Kier molecular flexibility index (Phi) is 3.50. The summed E-state index contributed by atoms with van der Waals surface area (Å²) in [5, 5.41) is 5.14. The SMILES string of the molecule is Cc1nn(C)c(CC2(N)CCCC(C)C2)c1Cl. The van der Waals surface area contributed by atoms with E-state index in [-0.39, 0.29) is 5.54 Å². The second-order valence-corrected chi connectivity index (χ2v) is 6.09. The first kappa shape index (κ1) is 12.9. The minimum absolute atomic E-state index is 0.0957. The fraction of sp³-hybridized carbons (Fsp3) is 0.769. The first-order chi connectivity index (χ1) is 7.91. The Hall–Kier alpha value is -0.540. The van der Waals surface area contributed by atoms with Gasteiger partial charge in [-0.2, -0.15) is 5.10 Å². The van der Waals surface area contributed by atoms with Gasteiger partial charge in [0.05, 0.1) is 16.4 Å². The molecule has 2 N–H and O–H groups in total. The Morgan fingerprint density at radius 2 is 2.29 bits per heavy atom. The van der Waals surface area contributed by atoms with Crippen molar-refractivity contribution in [3.05, 3.63) is 16.4 Å². The molecular weight excluding hydrogens is 234 g/mol. The number of aromatic nitrogens is 2. The maximum absolute atomic E-state index is 6.53. The normalized spacial score (nSPS) is 29.6. The summed E-state index contributed by atoms with van der Waals surface area (Å²) < 4.78 is 1.88. The van der Waals surface area contributed by atoms with E-state index in [1.54, 1.807) is 0 Å². The number of hydrogen-bond donors (Lipinski definition) is 1. The summed E-state index contributed by atoms with van der Waals surface area (Å²) in [5.74, 6) is 0.724. The van der Waals surface area contributed by atoms with Crippen LogP contribution in [0.25, 0.3) is 0 Å². The van der Waals surface area contributed by atoms with Crippen molar-refractivity contribution in [3.63, 3.8) is 0 Å². The van der Waals surface area contributed by atoms with E-state index in [0.29, 0.717) is 0 Å². The van der Waals surface area contributed by atoms with Gasteiger partial charge in [0.15, 0.2) is 0 Å². The molecule has 1 saturated carbocycles. The molecule has 2 unspecified atom stereocenters. The number of nitrogens with zero attached hydrogens (tertiary/aromatic N) is 2. The topological polar surface area (TPSA) is 43.8 Å². The molecule has 1 aromatic heterocycles. The molecule has 1 fully saturated rings. The average Bonchev–Trinajstić information content (AvgIpc) is 2.44. The Labute approximate surface area is 108 Å². The largest absolute Gasteiger partial charge is 0.325 e. The smallest absolute Gasteiger partial charge is 0.0847 e. The number of hydrogen-bond acceptors (Lipinski definition) is 2. The van der Waals surface area contributed by atoms with Gasteiger partial charge in [0.1, 0.15) is 0 Å². The average molecular weight is 256 g/mol. The molecule has 0 amide bonds. The van der Waals surface area contributed by atoms with E-state index in [4.69, 9.17) is 17.3 Å². The Morgan fingerprint density at radius 1 is 1.59 bits per heavy atom. The van der Waals surface area contributed by atoms with Gasteiger partial charge < -0.3 is 5.73 Å². The van der Waals surface area contributed by atoms with E-state index in [0.717, 1.165) is 41.6 Å². The van der Waals surface area contributed by atoms with Gasteiger partial charge in [-0.1, -0.05) is 31.4 Å². The molecule has 1 aliphatic carbocycles. The minimum Gasteiger partial charge on any atom is -0.325 e. The second-order valence-electron chi connectivity index (χ2n) is 5.71. The highest BCUT2D eigenvalue weighted by Crippen LogP contribution is 2.34. The predicted octanol–water partition coefficient (Wildman–Crippen LogP) is 2.83. The zero-order chi connectivity index (χ0) is 12.6. The Morgan fingerprint density at radius 3 is 2.82 bits per heavy atom. The quantitative estimate of drug-likeness (QED) is 0.883. The van der Waals surface area contributed by atoms with Crippen molar-refractivity contribution in [2.75, 3.05) is 0 Å². The van der Waals surface area contributed by atoms with E-state index in [1.807, 2.05) is 18.7 Å². The van der Waals surface area contributed by atoms with Gasteiger partial charge in [0.25, 0.3) is 0 Å². The molecule has 2 atom stereocenters. The molecule has 0 bridgehead atoms. The third kappa shape index (κ3) is 2.66. The van der Waals surface area contributed by atoms with Crippen LogP contribution in [0.4, 0.5) is 0 Å². The van der Waals surface area contributed by atoms with E-state index in [2.05, 4.69) is 12.0 Å². The maximum atomic E-state index is 6.53. The fourth-order valence-electron chi connectivity index (χ4n) is 3.07. The van der Waals surface area contributed by atoms with Crippen LogP contribution in [0.1, 0.15) is 44.0 Å². The lowest BCUT2D eigenvalue weighted by molar-refractivity contribution is 0.232. The van der Waals surface area contributed by atoms with Crippen LogP contribution >= 0.6 is 11.6 Å². The molecule has 1 aromatic rings. The van der Waals surface area contributed by atoms with Gasteiger partial charge >= 0.3 is 0 Å². The van der Waals surface area contributed by atoms with Crippen LogP contribution in [-0.2, 0) is 13.5 Å². The zero-order valence-electron chi connectivity index (χ0n) is 11.0. The van der Waals surface area contributed by atoms with Crippen LogP contribution in [0.3, 0.4) is 0 Å². The molecule has 0 spiro atoms. The minimum atomic E-state index is -0.0957. The molecule has 0 radical (unpaired) electrons. The highest BCUT2D eigenvalue weighted by atomic mass is 35.5. The van der Waals surface area contributed by atoms with Crippen molar-refractivity contribution < 1.29 is 0 Å². The number of aryl methyl sites for hydroxylation is 2. The molecule has 17 heavy (non-hydrogen) atoms. The standard InChI is InChI=1S/C13H22ClN3/c1-9-5-4-6-13(15,7-9)8-11-12(14)10(2)16-17(11)3/h9H,4-8,15H2,1-3H3. The summed E-state index contributed by atoms with van der Waals surface area (Å²) in [6, 6.07) is 0. The van der Waals surface area contributed by atoms with E-state index >= 15 is 0 Å². The zero-order valence-corrected chi connectivity index (χ0v) is 11.7. The first-order valence-electron chi connectivity index (χ1n) is 6.38. The van der Waals surface area contributed by atoms with E-state index < -0.39 is 0 Å². The molecule has 3 nitrogen and oxygen atoms in total. The molecule has 1 heterocycles. The van der Waals surface area contributed by atoms with Crippen molar-refractivity contribution in [1.82, 2.24) is 9.78 Å². The molecule has 1 aliphatic rings. The highest BCUT2D eigenvalue weighted by molar-refractivity contribution is 6.31. The van der Waals surface area contributed by atoms with Crippen LogP contribution in [0.5, 0.6) is 0 Å². The molecular formula is C13H22ClN3. The summed E-state index contributed by atoms with van der Waals surface area (Å²) in [4.78, 5) is 0. The summed E-state index contributed by atoms with van der Waals surface area (Å²) in [7, 11) is 1.95. The van der Waals surface area contributed by atoms with Gasteiger partial charge in [0, 0.05) is 19.0 Å². The molecule has 0 aromatic carbocycles. The molecule has 4 heteroatoms. The lowest BCUT2D eigenvalue weighted by Crippen LogP contribution is -2.46. The van der Waals surface area contributed by atoms with Crippen LogP contribution in [-0.4, -0.2) is 15.3 Å². The van der Waals surface area contributed by atoms with Gasteiger partial charge in [-0.15, -0.1) is 0 Å². The van der Waals surface area contributed by atoms with Crippen LogP contribution < -0.4 is 5.73 Å². The van der Waals surface area contributed by atoms with Crippen LogP contribution in [0.15, 0.2) is 0 Å². The lowest BCUT2D eigenvalue weighted by Gasteiger charge is -2.37. The van der Waals surface area contributed by atoms with Crippen molar-refractivity contribution >= 4 is 11.6 Å². The Bertz CT molecular complexity index is 413. The number of halogens is 1. The number of nitrogens with two attached hydrogens (primary N) is 1. The predicted molar refractivity (Wildman–Crippen MR) is 71.2 cm³/mol. The maximum Gasteiger partial charge on any atom is 0.0847 e. The summed E-state index contributed by atoms with van der Waals surface area (Å²) >= 11 is 6.29. The van der Waals surface area contributed by atoms with Crippen molar-refractivity contribution in [3.8, 4) is 0 Å². The highest BCUT2D eigenvalue weighted by Gasteiger charge is 2.33. The van der Waals surface area contributed by atoms with E-state index in [1.165, 1.54) is 12.8 Å². The van der Waals surface area contributed by atoms with Crippen molar-refractivity contribution in [1.29, 1.82) is 0 Å². The number of rotatable bonds is 2. The third-order valence-electron chi connectivity index (χ3n) is 3.91. The first-order valence-corrected chi connectivity index (χ1v) is 6.76. The summed E-state index contributed by atoms with van der Waals surface area (Å²) in [6.07, 6.45) is 5.56. The van der Waals surface area contributed by atoms with Gasteiger partial charge in [-0.05, 0) is 25.7 Å². The summed E-state index contributed by atoms with van der Waals surface area (Å²) in [5.41, 5.74) is 8.42. The molecule has 2 rings (SSSR count). The molecule has 0 aliphatic heterocycles. The third-order valence-corrected chi connectivity index (χ3v) is 4.40. The second kappa shape index (κ2) is 4.62. The monoisotopic (exact) mass is 255 g/mol. The van der Waals surface area contributed by atoms with Crippen LogP contribution in [0, 0.1) is 12.8 Å². The van der Waals surface area contributed by atoms with Gasteiger partial charge in [-0.25, -0.2) is 0 Å². The molecule has 0 saturated heterocycles. The Balaban J connectivity index is 2.19. The van der Waals surface area contributed by atoms with Crippen molar-refractivity contribution in [2.45, 2.75) is 51.5 Å². The van der Waals surface area contributed by atoms with E-state index in [9.17, 15) is 0 Å². The van der Waals surface area contributed by atoms with Crippen LogP contribution in [0.2, 0.25) is 5.02 Å². The fourth-order valence-corrected chi connectivity index (χ4v) is 3.29.